The molecule has 7 nitrogen and oxygen atoms in total. The number of carbonyl (C=O) groups is 1. The number of carbonyl (C=O) groups excluding carboxylic acids is 1. The third kappa shape index (κ3) is 3.58. The predicted molar refractivity (Wildman–Crippen MR) is 94.3 cm³/mol. The smallest absolute Gasteiger partial charge is 0.333 e. The van der Waals surface area contributed by atoms with Gasteiger partial charge in [0.25, 0.3) is 0 Å². The van der Waals surface area contributed by atoms with Crippen molar-refractivity contribution in [1.82, 2.24) is 14.7 Å². The first kappa shape index (κ1) is 18.0. The van der Waals surface area contributed by atoms with Crippen molar-refractivity contribution in [2.75, 3.05) is 60.5 Å². The van der Waals surface area contributed by atoms with Crippen LogP contribution in [0, 0.1) is 6.92 Å². The van der Waals surface area contributed by atoms with Crippen LogP contribution in [-0.2, 0) is 4.79 Å². The number of rotatable bonds is 5. The van der Waals surface area contributed by atoms with Gasteiger partial charge in [-0.2, -0.15) is 0 Å². The fourth-order valence-corrected chi connectivity index (χ4v) is 3.35. The number of hydrogen-bond donors (Lipinski definition) is 1. The molecule has 0 radical (unpaired) electrons. The number of fused-ring (bicyclic) bond motifs is 1. The summed E-state index contributed by atoms with van der Waals surface area (Å²) in [5.74, 6) is 0.538. The van der Waals surface area contributed by atoms with Gasteiger partial charge in [-0.05, 0) is 28.1 Å². The van der Waals surface area contributed by atoms with E-state index < -0.39 is 6.04 Å². The van der Waals surface area contributed by atoms with E-state index in [0.717, 1.165) is 43.9 Å². The maximum Gasteiger partial charge on any atom is 0.333 e. The Bertz CT molecular complexity index is 654. The Morgan fingerprint density at radius 3 is 2.64 bits per heavy atom. The van der Waals surface area contributed by atoms with Crippen molar-refractivity contribution >= 4 is 5.97 Å². The van der Waals surface area contributed by atoms with Crippen molar-refractivity contribution in [2.24, 2.45) is 0 Å². The number of hydrogen-bond acceptors (Lipinski definition) is 7. The van der Waals surface area contributed by atoms with E-state index >= 15 is 0 Å². The van der Waals surface area contributed by atoms with E-state index in [9.17, 15) is 9.90 Å². The Kier molecular flexibility index (Phi) is 5.17. The number of ether oxygens (including phenoxy) is 2. The molecule has 1 unspecified atom stereocenters. The Morgan fingerprint density at radius 2 is 2.00 bits per heavy atom. The highest BCUT2D eigenvalue weighted by molar-refractivity contribution is 5.88. The Hall–Kier alpha value is -1.83. The second-order valence-electron chi connectivity index (χ2n) is 7.08. The van der Waals surface area contributed by atoms with Crippen LogP contribution in [0.25, 0.3) is 0 Å². The summed E-state index contributed by atoms with van der Waals surface area (Å²) in [5.41, 5.74) is 1.61. The quantitative estimate of drug-likeness (QED) is 0.624. The minimum absolute atomic E-state index is 0.0366. The first-order valence-corrected chi connectivity index (χ1v) is 8.66. The van der Waals surface area contributed by atoms with Crippen LogP contribution in [0.3, 0.4) is 0 Å². The van der Waals surface area contributed by atoms with Crippen molar-refractivity contribution in [1.29, 1.82) is 0 Å². The second kappa shape index (κ2) is 7.19. The van der Waals surface area contributed by atoms with Gasteiger partial charge in [0.15, 0.2) is 11.5 Å². The molecule has 0 amide bonds. The lowest BCUT2D eigenvalue weighted by molar-refractivity contribution is -0.138. The van der Waals surface area contributed by atoms with Crippen LogP contribution in [0.4, 0.5) is 0 Å². The maximum absolute atomic E-state index is 12.5. The van der Waals surface area contributed by atoms with Crippen LogP contribution in [0.2, 0.25) is 0 Å². The summed E-state index contributed by atoms with van der Waals surface area (Å²) in [6, 6.07) is 1.08. The summed E-state index contributed by atoms with van der Waals surface area (Å²) >= 11 is 0. The number of likely N-dealkylation sites (N-methyl/N-ethyl adjacent to an activating group) is 2. The molecule has 7 heteroatoms. The van der Waals surface area contributed by atoms with Crippen LogP contribution in [0.15, 0.2) is 6.07 Å². The Labute approximate surface area is 148 Å². The van der Waals surface area contributed by atoms with Crippen LogP contribution in [0.1, 0.15) is 17.2 Å². The van der Waals surface area contributed by atoms with E-state index in [1.165, 1.54) is 0 Å². The molecule has 2 aliphatic rings. The van der Waals surface area contributed by atoms with Gasteiger partial charge in [0.05, 0.1) is 0 Å². The van der Waals surface area contributed by atoms with Crippen LogP contribution in [-0.4, -0.2) is 86.2 Å². The molecule has 2 aliphatic heterocycles. The number of aromatic hydroxyl groups is 1. The minimum Gasteiger partial charge on any atom is -0.504 e. The normalized spacial score (nSPS) is 21.5. The van der Waals surface area contributed by atoms with Crippen LogP contribution in [0.5, 0.6) is 17.2 Å². The number of piperazine rings is 1. The molecule has 1 atom stereocenters. The zero-order chi connectivity index (χ0) is 18.1. The molecule has 1 aromatic carbocycles. The molecule has 138 valence electrons. The highest BCUT2D eigenvalue weighted by Crippen LogP contribution is 2.48. The Morgan fingerprint density at radius 1 is 1.32 bits per heavy atom. The summed E-state index contributed by atoms with van der Waals surface area (Å²) in [6.07, 6.45) is 0. The second-order valence-corrected chi connectivity index (χ2v) is 7.08. The number of nitrogens with zero attached hydrogens (tertiary/aromatic N) is 3. The van der Waals surface area contributed by atoms with E-state index in [2.05, 4.69) is 16.8 Å². The van der Waals surface area contributed by atoms with E-state index in [1.807, 2.05) is 25.9 Å². The molecular weight excluding hydrogens is 322 g/mol. The molecule has 2 heterocycles. The molecule has 1 fully saturated rings. The zero-order valence-electron chi connectivity index (χ0n) is 15.4. The van der Waals surface area contributed by atoms with Crippen molar-refractivity contribution in [3.63, 3.8) is 0 Å². The molecule has 0 saturated carbocycles. The maximum atomic E-state index is 12.5. The highest BCUT2D eigenvalue weighted by atomic mass is 16.5. The molecule has 1 aromatic rings. The molecule has 0 aliphatic carbocycles. The fourth-order valence-electron chi connectivity index (χ4n) is 3.35. The van der Waals surface area contributed by atoms with Crippen LogP contribution >= 0.6 is 0 Å². The van der Waals surface area contributed by atoms with Gasteiger partial charge in [0.2, 0.25) is 0 Å². The average Bonchev–Trinajstić information content (AvgIpc) is 2.91. The van der Waals surface area contributed by atoms with Gasteiger partial charge in [-0.3, -0.25) is 4.90 Å². The molecule has 0 bridgehead atoms. The third-order valence-electron chi connectivity index (χ3n) is 4.92. The largest absolute Gasteiger partial charge is 0.504 e. The van der Waals surface area contributed by atoms with Gasteiger partial charge < -0.3 is 24.4 Å². The highest BCUT2D eigenvalue weighted by Gasteiger charge is 2.42. The minimum atomic E-state index is -0.466. The van der Waals surface area contributed by atoms with Gasteiger partial charge in [-0.25, -0.2) is 4.79 Å². The summed E-state index contributed by atoms with van der Waals surface area (Å²) < 4.78 is 11.2. The Balaban J connectivity index is 1.88. The van der Waals surface area contributed by atoms with Gasteiger partial charge in [0, 0.05) is 49.9 Å². The molecule has 0 spiro atoms. The standard InChI is InChI=1S/C18H27N3O4/c1-12-14(24-10-9-19(2)3)11-13(22)17-15(12)16(18(23)25-17)21-7-5-20(4)6-8-21/h11,16,22H,5-10H2,1-4H3. The molecule has 25 heavy (non-hydrogen) atoms. The lowest BCUT2D eigenvalue weighted by Crippen LogP contribution is -2.47. The number of phenolic OH excluding ortho intramolecular Hbond substituents is 1. The lowest BCUT2D eigenvalue weighted by Gasteiger charge is -2.35. The first-order chi connectivity index (χ1) is 11.9. The predicted octanol–water partition coefficient (Wildman–Crippen LogP) is 0.849. The molecule has 1 N–H and O–H groups in total. The van der Waals surface area contributed by atoms with Gasteiger partial charge >= 0.3 is 5.97 Å². The fraction of sp³-hybridized carbons (Fsp3) is 0.611. The average molecular weight is 349 g/mol. The van der Waals surface area contributed by atoms with Crippen molar-refractivity contribution in [3.05, 3.63) is 17.2 Å². The zero-order valence-corrected chi connectivity index (χ0v) is 15.4. The topological polar surface area (TPSA) is 65.5 Å². The lowest BCUT2D eigenvalue weighted by atomic mass is 9.98. The van der Waals surface area contributed by atoms with E-state index in [0.29, 0.717) is 12.4 Å². The number of benzene rings is 1. The summed E-state index contributed by atoms with van der Waals surface area (Å²) in [7, 11) is 6.03. The molecule has 0 aromatic heterocycles. The number of esters is 1. The van der Waals surface area contributed by atoms with Gasteiger partial charge in [0.1, 0.15) is 18.4 Å². The van der Waals surface area contributed by atoms with Gasteiger partial charge in [-0.15, -0.1) is 0 Å². The molecular formula is C18H27N3O4. The summed E-state index contributed by atoms with van der Waals surface area (Å²) in [5, 5.41) is 10.3. The third-order valence-corrected chi connectivity index (χ3v) is 4.92. The van der Waals surface area contributed by atoms with E-state index in [4.69, 9.17) is 9.47 Å². The van der Waals surface area contributed by atoms with E-state index in [-0.39, 0.29) is 17.5 Å². The molecule has 3 rings (SSSR count). The van der Waals surface area contributed by atoms with Crippen LogP contribution < -0.4 is 9.47 Å². The van der Waals surface area contributed by atoms with Gasteiger partial charge in [-0.1, -0.05) is 0 Å². The summed E-state index contributed by atoms with van der Waals surface area (Å²) in [6.45, 7) is 6.61. The van der Waals surface area contributed by atoms with Crippen molar-refractivity contribution < 1.29 is 19.4 Å². The van der Waals surface area contributed by atoms with Crippen molar-refractivity contribution in [2.45, 2.75) is 13.0 Å². The SMILES string of the molecule is Cc1c(OCCN(C)C)cc(O)c2c1C(N1CCN(C)CC1)C(=O)O2. The van der Waals surface area contributed by atoms with E-state index in [1.54, 1.807) is 6.07 Å². The first-order valence-electron chi connectivity index (χ1n) is 8.66. The molecule has 1 saturated heterocycles. The number of phenols is 1. The van der Waals surface area contributed by atoms with Crippen molar-refractivity contribution in [3.8, 4) is 17.2 Å². The summed E-state index contributed by atoms with van der Waals surface area (Å²) in [4.78, 5) is 18.9. The monoisotopic (exact) mass is 349 g/mol.